The van der Waals surface area contributed by atoms with Crippen LogP contribution in [0.25, 0.3) is 0 Å². The van der Waals surface area contributed by atoms with Gasteiger partial charge in [0.05, 0.1) is 10.7 Å². The molecule has 2 bridgehead atoms. The summed E-state index contributed by atoms with van der Waals surface area (Å²) < 4.78 is 0. The number of nitrogens with two attached hydrogens (primary N) is 1. The van der Waals surface area contributed by atoms with Gasteiger partial charge in [-0.2, -0.15) is 0 Å². The van der Waals surface area contributed by atoms with Gasteiger partial charge in [0.15, 0.2) is 0 Å². The van der Waals surface area contributed by atoms with E-state index in [-0.39, 0.29) is 0 Å². The van der Waals surface area contributed by atoms with Crippen LogP contribution in [0.5, 0.6) is 0 Å². The summed E-state index contributed by atoms with van der Waals surface area (Å²) in [6, 6.07) is 3.65. The van der Waals surface area contributed by atoms with E-state index in [1.54, 1.807) is 12.3 Å². The molecule has 4 nitrogen and oxygen atoms in total. The van der Waals surface area contributed by atoms with Gasteiger partial charge < -0.3 is 16.0 Å². The lowest BCUT2D eigenvalue weighted by atomic mass is 9.82. The molecule has 104 valence electrons. The molecule has 5 heteroatoms. The number of aromatic nitrogens is 1. The third-order valence-electron chi connectivity index (χ3n) is 4.56. The largest absolute Gasteiger partial charge is 0.396 e. The molecular weight excluding hydrogens is 260 g/mol. The van der Waals surface area contributed by atoms with E-state index in [1.165, 1.54) is 32.1 Å². The molecule has 2 fully saturated rings. The number of nitrogens with one attached hydrogen (secondary N) is 1. The van der Waals surface area contributed by atoms with Crippen LogP contribution < -0.4 is 11.1 Å². The summed E-state index contributed by atoms with van der Waals surface area (Å²) in [4.78, 5) is 6.86. The lowest BCUT2D eigenvalue weighted by molar-refractivity contribution is 0.0608. The first kappa shape index (κ1) is 13.0. The predicted molar refractivity (Wildman–Crippen MR) is 79.5 cm³/mol. The fourth-order valence-corrected chi connectivity index (χ4v) is 3.67. The van der Waals surface area contributed by atoms with Crippen molar-refractivity contribution in [2.75, 3.05) is 18.1 Å². The minimum atomic E-state index is 0.475. The molecule has 0 radical (unpaired) electrons. The lowest BCUT2D eigenvalue weighted by Crippen LogP contribution is -2.52. The molecule has 2 atom stereocenters. The molecule has 1 aromatic heterocycles. The Morgan fingerprint density at radius 3 is 2.68 bits per heavy atom. The van der Waals surface area contributed by atoms with Crippen LogP contribution in [0, 0.1) is 0 Å². The minimum Gasteiger partial charge on any atom is -0.396 e. The Labute approximate surface area is 119 Å². The van der Waals surface area contributed by atoms with E-state index < -0.39 is 0 Å². The molecule has 2 saturated heterocycles. The van der Waals surface area contributed by atoms with E-state index >= 15 is 0 Å². The van der Waals surface area contributed by atoms with E-state index in [1.807, 2.05) is 0 Å². The summed E-state index contributed by atoms with van der Waals surface area (Å²) >= 11 is 5.88. The normalized spacial score (nSPS) is 31.2. The molecule has 0 saturated carbocycles. The number of hydrogen-bond acceptors (Lipinski definition) is 4. The number of pyridine rings is 1. The quantitative estimate of drug-likeness (QED) is 0.875. The van der Waals surface area contributed by atoms with Crippen molar-refractivity contribution in [1.29, 1.82) is 0 Å². The summed E-state index contributed by atoms with van der Waals surface area (Å²) in [5, 5.41) is 4.09. The van der Waals surface area contributed by atoms with Crippen molar-refractivity contribution in [2.45, 2.75) is 50.2 Å². The van der Waals surface area contributed by atoms with Crippen molar-refractivity contribution in [3.8, 4) is 0 Å². The first-order valence-corrected chi connectivity index (χ1v) is 7.41. The summed E-state index contributed by atoms with van der Waals surface area (Å²) in [7, 11) is 2.26. The highest BCUT2D eigenvalue weighted by atomic mass is 35.5. The van der Waals surface area contributed by atoms with Gasteiger partial charge in [0.1, 0.15) is 5.82 Å². The fourth-order valence-electron chi connectivity index (χ4n) is 3.50. The molecule has 0 aliphatic carbocycles. The van der Waals surface area contributed by atoms with E-state index in [0.29, 0.717) is 28.8 Å². The Kier molecular flexibility index (Phi) is 3.54. The number of nitrogens with zero attached hydrogens (tertiary/aromatic N) is 2. The topological polar surface area (TPSA) is 54.2 Å². The van der Waals surface area contributed by atoms with Crippen molar-refractivity contribution < 1.29 is 0 Å². The fraction of sp³-hybridized carbons (Fsp3) is 0.643. The molecule has 2 unspecified atom stereocenters. The Balaban J connectivity index is 1.70. The van der Waals surface area contributed by atoms with Crippen LogP contribution in [-0.2, 0) is 0 Å². The molecule has 3 heterocycles. The maximum Gasteiger partial charge on any atom is 0.149 e. The number of piperidine rings is 2. The molecule has 1 aromatic rings. The smallest absolute Gasteiger partial charge is 0.149 e. The Hall–Kier alpha value is -1.00. The maximum atomic E-state index is 5.96. The third kappa shape index (κ3) is 2.65. The van der Waals surface area contributed by atoms with Crippen LogP contribution in [0.4, 0.5) is 11.5 Å². The highest BCUT2D eigenvalue weighted by Gasteiger charge is 2.36. The van der Waals surface area contributed by atoms with Crippen LogP contribution in [-0.4, -0.2) is 35.1 Å². The average Bonchev–Trinajstić information content (AvgIpc) is 2.34. The Bertz CT molecular complexity index is 451. The molecule has 3 N–H and O–H groups in total. The van der Waals surface area contributed by atoms with Gasteiger partial charge in [-0.1, -0.05) is 18.0 Å². The number of rotatable bonds is 2. The summed E-state index contributed by atoms with van der Waals surface area (Å²) in [6.45, 7) is 0. The van der Waals surface area contributed by atoms with Gasteiger partial charge in [-0.05, 0) is 38.8 Å². The molecular formula is C14H21ClN4. The van der Waals surface area contributed by atoms with Gasteiger partial charge in [-0.3, -0.25) is 0 Å². The molecule has 2 aliphatic rings. The van der Waals surface area contributed by atoms with Gasteiger partial charge in [0, 0.05) is 24.3 Å². The van der Waals surface area contributed by atoms with Crippen LogP contribution in [0.3, 0.4) is 0 Å². The van der Waals surface area contributed by atoms with E-state index in [2.05, 4.69) is 22.2 Å². The second-order valence-electron chi connectivity index (χ2n) is 5.81. The summed E-state index contributed by atoms with van der Waals surface area (Å²) in [6.07, 6.45) is 8.00. The monoisotopic (exact) mass is 280 g/mol. The second-order valence-corrected chi connectivity index (χ2v) is 6.24. The van der Waals surface area contributed by atoms with Crippen LogP contribution in [0.2, 0.25) is 5.02 Å². The molecule has 2 aliphatic heterocycles. The highest BCUT2D eigenvalue weighted by molar-refractivity contribution is 6.30. The molecule has 19 heavy (non-hydrogen) atoms. The number of nitrogen functional groups attached to an aromatic ring is 1. The third-order valence-corrected chi connectivity index (χ3v) is 4.77. The number of anilines is 2. The van der Waals surface area contributed by atoms with Crippen LogP contribution in [0.15, 0.2) is 12.3 Å². The van der Waals surface area contributed by atoms with E-state index in [9.17, 15) is 0 Å². The number of fused-ring (bicyclic) bond motifs is 2. The van der Waals surface area contributed by atoms with Gasteiger partial charge in [0.25, 0.3) is 0 Å². The number of hydrogen-bond donors (Lipinski definition) is 2. The summed E-state index contributed by atoms with van der Waals surface area (Å²) in [5.74, 6) is 0.775. The van der Waals surface area contributed by atoms with Gasteiger partial charge >= 0.3 is 0 Å². The van der Waals surface area contributed by atoms with Crippen LogP contribution >= 0.6 is 11.6 Å². The van der Waals surface area contributed by atoms with Crippen molar-refractivity contribution in [2.24, 2.45) is 0 Å². The first-order valence-electron chi connectivity index (χ1n) is 7.03. The Morgan fingerprint density at radius 1 is 1.37 bits per heavy atom. The average molecular weight is 281 g/mol. The number of halogens is 1. The minimum absolute atomic E-state index is 0.475. The van der Waals surface area contributed by atoms with Crippen molar-refractivity contribution in [3.05, 3.63) is 17.3 Å². The lowest BCUT2D eigenvalue weighted by Gasteiger charge is -2.47. The van der Waals surface area contributed by atoms with Crippen molar-refractivity contribution in [3.63, 3.8) is 0 Å². The zero-order valence-corrected chi connectivity index (χ0v) is 12.0. The highest BCUT2D eigenvalue weighted by Crippen LogP contribution is 2.34. The molecule has 0 spiro atoms. The maximum absolute atomic E-state index is 5.96. The van der Waals surface area contributed by atoms with E-state index in [0.717, 1.165) is 5.82 Å². The first-order chi connectivity index (χ1) is 9.13. The molecule has 3 rings (SSSR count). The second kappa shape index (κ2) is 5.17. The predicted octanol–water partition coefficient (Wildman–Crippen LogP) is 2.74. The Morgan fingerprint density at radius 2 is 2.05 bits per heavy atom. The van der Waals surface area contributed by atoms with Crippen LogP contribution in [0.1, 0.15) is 32.1 Å². The summed E-state index contributed by atoms with van der Waals surface area (Å²) in [5.41, 5.74) is 6.60. The van der Waals surface area contributed by atoms with Crippen molar-refractivity contribution >= 4 is 23.1 Å². The SMILES string of the molecule is CN1C2CCCC1CC(Nc1ncc(Cl)cc1N)C2. The molecule has 0 aromatic carbocycles. The molecule has 0 amide bonds. The van der Waals surface area contributed by atoms with E-state index in [4.69, 9.17) is 17.3 Å². The van der Waals surface area contributed by atoms with Gasteiger partial charge in [-0.25, -0.2) is 4.98 Å². The zero-order valence-electron chi connectivity index (χ0n) is 11.3. The zero-order chi connectivity index (χ0) is 13.4. The van der Waals surface area contributed by atoms with Gasteiger partial charge in [0.2, 0.25) is 0 Å². The van der Waals surface area contributed by atoms with Gasteiger partial charge in [-0.15, -0.1) is 0 Å². The standard InChI is InChI=1S/C14H21ClN4/c1-19-11-3-2-4-12(19)7-10(6-11)18-14-13(16)5-9(15)8-17-14/h5,8,10-12H,2-4,6-7,16H2,1H3,(H,17,18). The van der Waals surface area contributed by atoms with Crippen molar-refractivity contribution in [1.82, 2.24) is 9.88 Å².